The lowest BCUT2D eigenvalue weighted by atomic mass is 10.1. The van der Waals surface area contributed by atoms with Gasteiger partial charge in [0.25, 0.3) is 5.69 Å². The fraction of sp³-hybridized carbons (Fsp3) is 0.462. The third-order valence-electron chi connectivity index (χ3n) is 3.23. The van der Waals surface area contributed by atoms with E-state index < -0.39 is 22.4 Å². The first kappa shape index (κ1) is 15.2. The highest BCUT2D eigenvalue weighted by molar-refractivity contribution is 5.91. The minimum Gasteiger partial charge on any atom is -0.465 e. The fourth-order valence-electron chi connectivity index (χ4n) is 2.15. The summed E-state index contributed by atoms with van der Waals surface area (Å²) < 4.78 is 23.6. The number of anilines is 1. The third kappa shape index (κ3) is 3.46. The van der Waals surface area contributed by atoms with Gasteiger partial charge < -0.3 is 14.8 Å². The van der Waals surface area contributed by atoms with Gasteiger partial charge in [-0.2, -0.15) is 0 Å². The van der Waals surface area contributed by atoms with Crippen LogP contribution in [-0.2, 0) is 9.47 Å². The van der Waals surface area contributed by atoms with Crippen LogP contribution in [0.15, 0.2) is 12.1 Å². The summed E-state index contributed by atoms with van der Waals surface area (Å²) >= 11 is 0. The molecular formula is C13H15FN2O5. The number of hydrogen-bond acceptors (Lipinski definition) is 6. The van der Waals surface area contributed by atoms with E-state index in [1.54, 1.807) is 0 Å². The number of nitrogens with zero attached hydrogens (tertiary/aromatic N) is 1. The number of esters is 1. The van der Waals surface area contributed by atoms with Crippen molar-refractivity contribution in [2.75, 3.05) is 25.6 Å². The fourth-order valence-corrected chi connectivity index (χ4v) is 2.15. The Balaban J connectivity index is 2.26. The highest BCUT2D eigenvalue weighted by Crippen LogP contribution is 2.28. The van der Waals surface area contributed by atoms with Crippen molar-refractivity contribution >= 4 is 17.3 Å². The van der Waals surface area contributed by atoms with Crippen LogP contribution in [0.5, 0.6) is 0 Å². The van der Waals surface area contributed by atoms with Crippen LogP contribution < -0.4 is 5.32 Å². The highest BCUT2D eigenvalue weighted by atomic mass is 19.1. The summed E-state index contributed by atoms with van der Waals surface area (Å²) in [7, 11) is 1.11. The average molecular weight is 298 g/mol. The molecule has 114 valence electrons. The van der Waals surface area contributed by atoms with Gasteiger partial charge in [0, 0.05) is 13.2 Å². The lowest BCUT2D eigenvalue weighted by Crippen LogP contribution is -2.19. The van der Waals surface area contributed by atoms with Crippen LogP contribution in [0.4, 0.5) is 15.8 Å². The first-order valence-electron chi connectivity index (χ1n) is 6.44. The molecule has 0 radical (unpaired) electrons. The number of methoxy groups -OCH3 is 1. The molecule has 1 unspecified atom stereocenters. The Morgan fingerprint density at radius 1 is 1.62 bits per heavy atom. The van der Waals surface area contributed by atoms with Crippen LogP contribution in [0.1, 0.15) is 23.2 Å². The molecule has 7 nitrogen and oxygen atoms in total. The van der Waals surface area contributed by atoms with Crippen molar-refractivity contribution in [3.05, 3.63) is 33.6 Å². The first-order valence-corrected chi connectivity index (χ1v) is 6.44. The minimum absolute atomic E-state index is 0.0452. The highest BCUT2D eigenvalue weighted by Gasteiger charge is 2.23. The van der Waals surface area contributed by atoms with Gasteiger partial charge >= 0.3 is 5.97 Å². The van der Waals surface area contributed by atoms with Crippen molar-refractivity contribution in [1.82, 2.24) is 0 Å². The van der Waals surface area contributed by atoms with Crippen LogP contribution in [0.3, 0.4) is 0 Å². The maximum atomic E-state index is 13.7. The SMILES string of the molecule is COC(=O)c1cc(NCC2CCCO2)c([N+](=O)[O-])cc1F. The molecule has 0 saturated carbocycles. The number of carbonyl (C=O) groups excluding carboxylic acids is 1. The summed E-state index contributed by atoms with van der Waals surface area (Å²) in [6.07, 6.45) is 1.74. The molecule has 21 heavy (non-hydrogen) atoms. The summed E-state index contributed by atoms with van der Waals surface area (Å²) in [5.74, 6) is -1.88. The number of benzene rings is 1. The summed E-state index contributed by atoms with van der Waals surface area (Å²) in [4.78, 5) is 21.7. The molecular weight excluding hydrogens is 283 g/mol. The minimum atomic E-state index is -0.990. The lowest BCUT2D eigenvalue weighted by molar-refractivity contribution is -0.384. The van der Waals surface area contributed by atoms with Gasteiger partial charge in [-0.05, 0) is 18.9 Å². The van der Waals surface area contributed by atoms with Gasteiger partial charge in [-0.3, -0.25) is 10.1 Å². The van der Waals surface area contributed by atoms with E-state index in [0.717, 1.165) is 26.0 Å². The van der Waals surface area contributed by atoms with E-state index in [1.807, 2.05) is 0 Å². The van der Waals surface area contributed by atoms with Gasteiger partial charge in [0.1, 0.15) is 11.5 Å². The first-order chi connectivity index (χ1) is 10.0. The van der Waals surface area contributed by atoms with Crippen LogP contribution >= 0.6 is 0 Å². The van der Waals surface area contributed by atoms with Crippen LogP contribution in [0, 0.1) is 15.9 Å². The standard InChI is InChI=1S/C13H15FN2O5/c1-20-13(17)9-5-11(12(16(18)19)6-10(9)14)15-7-8-3-2-4-21-8/h5-6,8,15H,2-4,7H2,1H3. The maximum Gasteiger partial charge on any atom is 0.340 e. The maximum absolute atomic E-state index is 13.7. The van der Waals surface area contributed by atoms with Gasteiger partial charge in [0.05, 0.1) is 29.8 Å². The predicted molar refractivity (Wildman–Crippen MR) is 71.9 cm³/mol. The Bertz CT molecular complexity index is 558. The van der Waals surface area contributed by atoms with E-state index in [-0.39, 0.29) is 17.4 Å². The molecule has 0 spiro atoms. The van der Waals surface area contributed by atoms with Gasteiger partial charge in [-0.1, -0.05) is 0 Å². The van der Waals surface area contributed by atoms with Crippen LogP contribution in [0.2, 0.25) is 0 Å². The molecule has 1 atom stereocenters. The van der Waals surface area contributed by atoms with Crippen molar-refractivity contribution in [3.63, 3.8) is 0 Å². The molecule has 0 aromatic heterocycles. The number of nitro benzene ring substituents is 1. The summed E-state index contributed by atoms with van der Waals surface area (Å²) in [5.41, 5.74) is -0.714. The van der Waals surface area contributed by atoms with Crippen molar-refractivity contribution in [2.24, 2.45) is 0 Å². The smallest absolute Gasteiger partial charge is 0.340 e. The third-order valence-corrected chi connectivity index (χ3v) is 3.23. The van der Waals surface area contributed by atoms with E-state index >= 15 is 0 Å². The zero-order valence-electron chi connectivity index (χ0n) is 11.4. The predicted octanol–water partition coefficient (Wildman–Crippen LogP) is 2.11. The van der Waals surface area contributed by atoms with Gasteiger partial charge in [-0.15, -0.1) is 0 Å². The molecule has 1 saturated heterocycles. The number of carbonyl (C=O) groups is 1. The van der Waals surface area contributed by atoms with Crippen molar-refractivity contribution < 1.29 is 23.6 Å². The molecule has 1 heterocycles. The number of nitro groups is 1. The van der Waals surface area contributed by atoms with Crippen LogP contribution in [0.25, 0.3) is 0 Å². The molecule has 1 fully saturated rings. The van der Waals surface area contributed by atoms with E-state index in [4.69, 9.17) is 4.74 Å². The van der Waals surface area contributed by atoms with Crippen molar-refractivity contribution in [3.8, 4) is 0 Å². The molecule has 1 aliphatic rings. The van der Waals surface area contributed by atoms with E-state index in [0.29, 0.717) is 19.2 Å². The normalized spacial score (nSPS) is 17.5. The molecule has 1 N–H and O–H groups in total. The number of nitrogens with one attached hydrogen (secondary N) is 1. The topological polar surface area (TPSA) is 90.7 Å². The molecule has 0 amide bonds. The summed E-state index contributed by atoms with van der Waals surface area (Å²) in [5, 5.41) is 13.8. The van der Waals surface area contributed by atoms with E-state index in [2.05, 4.69) is 10.1 Å². The summed E-state index contributed by atoms with van der Waals surface area (Å²) in [6, 6.07) is 1.80. The molecule has 0 aliphatic carbocycles. The monoisotopic (exact) mass is 298 g/mol. The summed E-state index contributed by atoms with van der Waals surface area (Å²) in [6.45, 7) is 1.01. The number of rotatable bonds is 5. The Labute approximate surface area is 120 Å². The van der Waals surface area contributed by atoms with E-state index in [9.17, 15) is 19.3 Å². The lowest BCUT2D eigenvalue weighted by Gasteiger charge is -2.13. The molecule has 0 bridgehead atoms. The van der Waals surface area contributed by atoms with Gasteiger partial charge in [-0.25, -0.2) is 9.18 Å². The second kappa shape index (κ2) is 6.49. The molecule has 1 aromatic carbocycles. The van der Waals surface area contributed by atoms with Crippen molar-refractivity contribution in [1.29, 1.82) is 0 Å². The number of halogens is 1. The van der Waals surface area contributed by atoms with Crippen LogP contribution in [-0.4, -0.2) is 37.3 Å². The zero-order valence-corrected chi connectivity index (χ0v) is 11.4. The average Bonchev–Trinajstić information content (AvgIpc) is 2.98. The Morgan fingerprint density at radius 2 is 2.38 bits per heavy atom. The molecule has 2 rings (SSSR count). The molecule has 1 aliphatic heterocycles. The molecule has 1 aromatic rings. The zero-order chi connectivity index (χ0) is 15.4. The quantitative estimate of drug-likeness (QED) is 0.508. The molecule has 8 heteroatoms. The van der Waals surface area contributed by atoms with E-state index in [1.165, 1.54) is 0 Å². The Hall–Kier alpha value is -2.22. The second-order valence-electron chi connectivity index (χ2n) is 4.61. The Kier molecular flexibility index (Phi) is 4.69. The van der Waals surface area contributed by atoms with Crippen molar-refractivity contribution in [2.45, 2.75) is 18.9 Å². The number of ether oxygens (including phenoxy) is 2. The Morgan fingerprint density at radius 3 is 2.95 bits per heavy atom. The van der Waals surface area contributed by atoms with Gasteiger partial charge in [0.2, 0.25) is 0 Å². The van der Waals surface area contributed by atoms with Gasteiger partial charge in [0.15, 0.2) is 0 Å². The number of hydrogen-bond donors (Lipinski definition) is 1. The largest absolute Gasteiger partial charge is 0.465 e. The second-order valence-corrected chi connectivity index (χ2v) is 4.61.